The normalized spacial score (nSPS) is 15.9. The van der Waals surface area contributed by atoms with Crippen molar-refractivity contribution in [3.8, 4) is 0 Å². The molecule has 6 nitrogen and oxygen atoms in total. The van der Waals surface area contributed by atoms with Crippen LogP contribution in [0.5, 0.6) is 0 Å². The Morgan fingerprint density at radius 1 is 1.38 bits per heavy atom. The first-order valence-corrected chi connectivity index (χ1v) is 5.66. The van der Waals surface area contributed by atoms with Gasteiger partial charge in [-0.05, 0) is 15.9 Å². The van der Waals surface area contributed by atoms with E-state index in [1.807, 2.05) is 0 Å². The lowest BCUT2D eigenvalue weighted by molar-refractivity contribution is 0.0564. The highest BCUT2D eigenvalue weighted by Gasteiger charge is 2.16. The smallest absolute Gasteiger partial charge is 0.323 e. The van der Waals surface area contributed by atoms with E-state index in [0.717, 1.165) is 0 Å². The van der Waals surface area contributed by atoms with Crippen molar-refractivity contribution < 1.29 is 9.53 Å². The van der Waals surface area contributed by atoms with Gasteiger partial charge >= 0.3 is 6.03 Å². The summed E-state index contributed by atoms with van der Waals surface area (Å²) in [5.41, 5.74) is 0. The predicted octanol–water partition coefficient (Wildman–Crippen LogP) is 1.10. The number of hydrogen-bond acceptors (Lipinski definition) is 4. The molecule has 1 saturated heterocycles. The van der Waals surface area contributed by atoms with Gasteiger partial charge in [-0.3, -0.25) is 5.32 Å². The second-order valence-electron chi connectivity index (χ2n) is 3.25. The molecule has 0 aromatic carbocycles. The topological polar surface area (TPSA) is 67.4 Å². The Labute approximate surface area is 101 Å². The van der Waals surface area contributed by atoms with Crippen LogP contribution in [0.1, 0.15) is 0 Å². The molecule has 1 aliphatic heterocycles. The minimum Gasteiger partial charge on any atom is -0.378 e. The van der Waals surface area contributed by atoms with Gasteiger partial charge in [-0.15, -0.1) is 0 Å². The molecule has 0 atom stereocenters. The number of nitrogens with one attached hydrogen (secondary N) is 1. The van der Waals surface area contributed by atoms with Gasteiger partial charge in [0.15, 0.2) is 5.82 Å². The average molecular weight is 287 g/mol. The third kappa shape index (κ3) is 2.89. The molecule has 2 amide bonds. The monoisotopic (exact) mass is 286 g/mol. The highest BCUT2D eigenvalue weighted by Crippen LogP contribution is 2.07. The molecule has 1 N–H and O–H groups in total. The Kier molecular flexibility index (Phi) is 3.68. The van der Waals surface area contributed by atoms with Crippen LogP contribution in [-0.2, 0) is 4.74 Å². The second kappa shape index (κ2) is 5.22. The number of rotatable bonds is 1. The van der Waals surface area contributed by atoms with E-state index in [-0.39, 0.29) is 6.03 Å². The molecule has 1 aromatic heterocycles. The van der Waals surface area contributed by atoms with E-state index < -0.39 is 0 Å². The number of morpholine rings is 1. The summed E-state index contributed by atoms with van der Waals surface area (Å²) in [6.07, 6.45) is 3.04. The van der Waals surface area contributed by atoms with Crippen LogP contribution in [0.4, 0.5) is 10.6 Å². The zero-order chi connectivity index (χ0) is 11.4. The Bertz CT molecular complexity index is 364. The number of hydrogen-bond donors (Lipinski definition) is 1. The molecule has 1 aliphatic rings. The van der Waals surface area contributed by atoms with Crippen molar-refractivity contribution in [1.29, 1.82) is 0 Å². The first-order valence-electron chi connectivity index (χ1n) is 4.87. The van der Waals surface area contributed by atoms with E-state index in [1.54, 1.807) is 4.90 Å². The van der Waals surface area contributed by atoms with E-state index in [9.17, 15) is 4.79 Å². The fourth-order valence-electron chi connectivity index (χ4n) is 1.33. The maximum atomic E-state index is 11.7. The van der Waals surface area contributed by atoms with Gasteiger partial charge < -0.3 is 9.64 Å². The quantitative estimate of drug-likeness (QED) is 0.840. The van der Waals surface area contributed by atoms with E-state index in [0.29, 0.717) is 36.7 Å². The molecule has 0 unspecified atom stereocenters. The van der Waals surface area contributed by atoms with Crippen molar-refractivity contribution in [2.24, 2.45) is 0 Å². The Morgan fingerprint density at radius 3 is 2.75 bits per heavy atom. The molecule has 16 heavy (non-hydrogen) atoms. The van der Waals surface area contributed by atoms with E-state index >= 15 is 0 Å². The second-order valence-corrected chi connectivity index (χ2v) is 4.07. The maximum Gasteiger partial charge on any atom is 0.323 e. The van der Waals surface area contributed by atoms with E-state index in [4.69, 9.17) is 4.74 Å². The van der Waals surface area contributed by atoms with Crippen LogP contribution in [0, 0.1) is 0 Å². The molecular formula is C9H11BrN4O2. The van der Waals surface area contributed by atoms with Gasteiger partial charge in [0.1, 0.15) is 4.60 Å². The van der Waals surface area contributed by atoms with Gasteiger partial charge in [0.2, 0.25) is 0 Å². The first kappa shape index (κ1) is 11.3. The van der Waals surface area contributed by atoms with Crippen LogP contribution < -0.4 is 5.32 Å². The summed E-state index contributed by atoms with van der Waals surface area (Å²) in [4.78, 5) is 21.4. The number of carbonyl (C=O) groups is 1. The summed E-state index contributed by atoms with van der Waals surface area (Å²) in [6, 6.07) is -0.167. The van der Waals surface area contributed by atoms with Gasteiger partial charge in [0, 0.05) is 13.1 Å². The summed E-state index contributed by atoms with van der Waals surface area (Å²) in [5.74, 6) is 0.444. The molecule has 0 saturated carbocycles. The number of halogens is 1. The lowest BCUT2D eigenvalue weighted by atomic mass is 10.4. The zero-order valence-corrected chi connectivity index (χ0v) is 10.1. The fourth-order valence-corrected chi connectivity index (χ4v) is 1.54. The van der Waals surface area contributed by atoms with Crippen LogP contribution in [0.15, 0.2) is 17.0 Å². The first-order chi connectivity index (χ1) is 7.75. The van der Waals surface area contributed by atoms with E-state index in [2.05, 4.69) is 31.2 Å². The number of anilines is 1. The molecule has 0 spiro atoms. The number of nitrogens with zero attached hydrogens (tertiary/aromatic N) is 3. The third-order valence-corrected chi connectivity index (χ3v) is 2.56. The number of urea groups is 1. The fraction of sp³-hybridized carbons (Fsp3) is 0.444. The minimum absolute atomic E-state index is 0.167. The molecule has 1 aromatic rings. The molecule has 2 rings (SSSR count). The van der Waals surface area contributed by atoms with Crippen molar-refractivity contribution >= 4 is 27.8 Å². The lowest BCUT2D eigenvalue weighted by Crippen LogP contribution is -2.43. The largest absolute Gasteiger partial charge is 0.378 e. The summed E-state index contributed by atoms with van der Waals surface area (Å²) in [5, 5.41) is 2.68. The predicted molar refractivity (Wildman–Crippen MR) is 61.1 cm³/mol. The Morgan fingerprint density at radius 2 is 2.12 bits per heavy atom. The van der Waals surface area contributed by atoms with Crippen LogP contribution in [0.3, 0.4) is 0 Å². The van der Waals surface area contributed by atoms with Gasteiger partial charge in [0.05, 0.1) is 25.6 Å². The zero-order valence-electron chi connectivity index (χ0n) is 8.52. The third-order valence-electron chi connectivity index (χ3n) is 2.15. The van der Waals surface area contributed by atoms with Crippen LogP contribution in [0.25, 0.3) is 0 Å². The van der Waals surface area contributed by atoms with E-state index in [1.165, 1.54) is 12.4 Å². The Hall–Kier alpha value is -1.21. The molecular weight excluding hydrogens is 276 g/mol. The van der Waals surface area contributed by atoms with Crippen LogP contribution in [0.2, 0.25) is 0 Å². The van der Waals surface area contributed by atoms with Crippen molar-refractivity contribution in [1.82, 2.24) is 14.9 Å². The van der Waals surface area contributed by atoms with Gasteiger partial charge in [-0.1, -0.05) is 0 Å². The molecule has 0 bridgehead atoms. The average Bonchev–Trinajstić information content (AvgIpc) is 2.33. The molecule has 86 valence electrons. The highest BCUT2D eigenvalue weighted by molar-refractivity contribution is 9.10. The highest BCUT2D eigenvalue weighted by atomic mass is 79.9. The van der Waals surface area contributed by atoms with Crippen molar-refractivity contribution in [3.05, 3.63) is 17.0 Å². The lowest BCUT2D eigenvalue weighted by Gasteiger charge is -2.26. The number of amides is 2. The van der Waals surface area contributed by atoms with Crippen LogP contribution in [-0.4, -0.2) is 47.2 Å². The minimum atomic E-state index is -0.167. The van der Waals surface area contributed by atoms with Gasteiger partial charge in [0.25, 0.3) is 0 Å². The maximum absolute atomic E-state index is 11.7. The molecule has 1 fully saturated rings. The van der Waals surface area contributed by atoms with Crippen molar-refractivity contribution in [2.75, 3.05) is 31.6 Å². The summed E-state index contributed by atoms with van der Waals surface area (Å²) >= 11 is 3.18. The summed E-state index contributed by atoms with van der Waals surface area (Å²) < 4.78 is 5.80. The number of ether oxygens (including phenoxy) is 1. The standard InChI is InChI=1S/C9H11BrN4O2/c10-7-5-12-8(6-11-7)13-9(15)14-1-3-16-4-2-14/h5-6H,1-4H2,(H,12,13,15). The van der Waals surface area contributed by atoms with Crippen LogP contribution >= 0.6 is 15.9 Å². The molecule has 2 heterocycles. The number of carbonyl (C=O) groups excluding carboxylic acids is 1. The number of aromatic nitrogens is 2. The van der Waals surface area contributed by atoms with Gasteiger partial charge in [-0.2, -0.15) is 0 Å². The molecule has 7 heteroatoms. The van der Waals surface area contributed by atoms with Gasteiger partial charge in [-0.25, -0.2) is 14.8 Å². The SMILES string of the molecule is O=C(Nc1cnc(Br)cn1)N1CCOCC1. The van der Waals surface area contributed by atoms with Crippen molar-refractivity contribution in [3.63, 3.8) is 0 Å². The van der Waals surface area contributed by atoms with Crippen molar-refractivity contribution in [2.45, 2.75) is 0 Å². The molecule has 0 radical (unpaired) electrons. The summed E-state index contributed by atoms with van der Waals surface area (Å²) in [6.45, 7) is 2.38. The Balaban J connectivity index is 1.93. The summed E-state index contributed by atoms with van der Waals surface area (Å²) in [7, 11) is 0. The molecule has 0 aliphatic carbocycles.